The Bertz CT molecular complexity index is 437. The third kappa shape index (κ3) is 4.84. The molecule has 1 amide bonds. The molecule has 0 saturated carbocycles. The molecule has 0 aliphatic carbocycles. The molecule has 0 radical (unpaired) electrons. The van der Waals surface area contributed by atoms with Gasteiger partial charge in [-0.25, -0.2) is 4.39 Å². The third-order valence-electron chi connectivity index (χ3n) is 2.78. The van der Waals surface area contributed by atoms with Crippen molar-refractivity contribution in [1.29, 1.82) is 0 Å². The van der Waals surface area contributed by atoms with Crippen molar-refractivity contribution in [3.05, 3.63) is 29.6 Å². The summed E-state index contributed by atoms with van der Waals surface area (Å²) in [6.45, 7) is 3.98. The topological polar surface area (TPSA) is 23.6 Å². The van der Waals surface area contributed by atoms with E-state index in [0.29, 0.717) is 18.0 Å². The Morgan fingerprint density at radius 3 is 2.53 bits per heavy atom. The highest BCUT2D eigenvalue weighted by atomic mass is 32.1. The van der Waals surface area contributed by atoms with Gasteiger partial charge in [0.15, 0.2) is 0 Å². The van der Waals surface area contributed by atoms with E-state index in [4.69, 9.17) is 0 Å². The van der Waals surface area contributed by atoms with Crippen LogP contribution in [0, 0.1) is 5.82 Å². The number of rotatable bonds is 6. The fraction of sp³-hybridized carbons (Fsp3) is 0.500. The van der Waals surface area contributed by atoms with Crippen LogP contribution in [-0.2, 0) is 0 Å². The molecule has 1 aromatic carbocycles. The lowest BCUT2D eigenvalue weighted by molar-refractivity contribution is 0.0740. The number of carbonyl (C=O) groups excluding carboxylic acids is 1. The van der Waals surface area contributed by atoms with Gasteiger partial charge in [0.05, 0.1) is 5.56 Å². The first kappa shape index (κ1) is 16.0. The van der Waals surface area contributed by atoms with Gasteiger partial charge in [-0.05, 0) is 38.7 Å². The van der Waals surface area contributed by atoms with E-state index in [0.717, 1.165) is 13.0 Å². The SMILES string of the molecule is CCCN(CCN(C)C)C(=O)c1cc(S)ccc1F. The molecule has 0 aromatic heterocycles. The second-order valence-corrected chi connectivity index (χ2v) is 5.28. The maximum absolute atomic E-state index is 13.7. The first-order valence-corrected chi connectivity index (χ1v) is 6.83. The molecule has 0 unspecified atom stereocenters. The molecule has 106 valence electrons. The van der Waals surface area contributed by atoms with Crippen LogP contribution in [0.5, 0.6) is 0 Å². The third-order valence-corrected chi connectivity index (χ3v) is 3.06. The largest absolute Gasteiger partial charge is 0.337 e. The first-order valence-electron chi connectivity index (χ1n) is 6.38. The lowest BCUT2D eigenvalue weighted by atomic mass is 10.1. The van der Waals surface area contributed by atoms with Crippen molar-refractivity contribution < 1.29 is 9.18 Å². The fourth-order valence-corrected chi connectivity index (χ4v) is 1.96. The fourth-order valence-electron chi connectivity index (χ4n) is 1.75. The van der Waals surface area contributed by atoms with Gasteiger partial charge < -0.3 is 9.80 Å². The molecular formula is C14H21FN2OS. The molecule has 0 bridgehead atoms. The molecule has 0 atom stereocenters. The van der Waals surface area contributed by atoms with Gasteiger partial charge in [0.1, 0.15) is 5.82 Å². The summed E-state index contributed by atoms with van der Waals surface area (Å²) in [4.78, 5) is 16.6. The number of hydrogen-bond donors (Lipinski definition) is 1. The van der Waals surface area contributed by atoms with E-state index in [9.17, 15) is 9.18 Å². The number of halogens is 1. The van der Waals surface area contributed by atoms with Crippen LogP contribution < -0.4 is 0 Å². The summed E-state index contributed by atoms with van der Waals surface area (Å²) in [5, 5.41) is 0. The van der Waals surface area contributed by atoms with Crippen LogP contribution in [0.1, 0.15) is 23.7 Å². The Balaban J connectivity index is 2.88. The number of benzene rings is 1. The Morgan fingerprint density at radius 1 is 1.26 bits per heavy atom. The smallest absolute Gasteiger partial charge is 0.256 e. The maximum Gasteiger partial charge on any atom is 0.256 e. The van der Waals surface area contributed by atoms with Crippen molar-refractivity contribution in [2.45, 2.75) is 18.2 Å². The molecule has 0 spiro atoms. The molecule has 0 heterocycles. The number of thiol groups is 1. The molecule has 19 heavy (non-hydrogen) atoms. The van der Waals surface area contributed by atoms with Gasteiger partial charge >= 0.3 is 0 Å². The summed E-state index contributed by atoms with van der Waals surface area (Å²) >= 11 is 4.16. The van der Waals surface area contributed by atoms with Crippen molar-refractivity contribution in [2.75, 3.05) is 33.7 Å². The molecule has 0 saturated heterocycles. The Kier molecular flexibility index (Phi) is 6.31. The van der Waals surface area contributed by atoms with E-state index < -0.39 is 5.82 Å². The zero-order chi connectivity index (χ0) is 14.4. The predicted octanol–water partition coefficient (Wildman–Crippen LogP) is 2.53. The van der Waals surface area contributed by atoms with Crippen molar-refractivity contribution >= 4 is 18.5 Å². The maximum atomic E-state index is 13.7. The molecule has 0 N–H and O–H groups in total. The van der Waals surface area contributed by atoms with Crippen LogP contribution in [0.3, 0.4) is 0 Å². The highest BCUT2D eigenvalue weighted by Crippen LogP contribution is 2.16. The zero-order valence-electron chi connectivity index (χ0n) is 11.7. The van der Waals surface area contributed by atoms with Gasteiger partial charge in [-0.15, -0.1) is 12.6 Å². The number of amides is 1. The highest BCUT2D eigenvalue weighted by Gasteiger charge is 2.18. The summed E-state index contributed by atoms with van der Waals surface area (Å²) in [5.74, 6) is -0.758. The minimum atomic E-state index is -0.492. The summed E-state index contributed by atoms with van der Waals surface area (Å²) in [6, 6.07) is 4.31. The van der Waals surface area contributed by atoms with E-state index in [1.54, 1.807) is 11.0 Å². The van der Waals surface area contributed by atoms with Crippen LogP contribution in [0.25, 0.3) is 0 Å². The molecule has 1 aromatic rings. The van der Waals surface area contributed by atoms with Crippen molar-refractivity contribution in [3.63, 3.8) is 0 Å². The van der Waals surface area contributed by atoms with E-state index in [1.807, 2.05) is 25.9 Å². The van der Waals surface area contributed by atoms with Gasteiger partial charge in [-0.3, -0.25) is 4.79 Å². The second-order valence-electron chi connectivity index (χ2n) is 4.76. The molecular weight excluding hydrogens is 263 g/mol. The van der Waals surface area contributed by atoms with Crippen LogP contribution in [-0.4, -0.2) is 49.4 Å². The standard InChI is InChI=1S/C14H21FN2OS/c1-4-7-17(9-8-16(2)3)14(18)12-10-11(19)5-6-13(12)15/h5-6,10,19H,4,7-9H2,1-3H3. The van der Waals surface area contributed by atoms with Crippen molar-refractivity contribution in [1.82, 2.24) is 9.80 Å². The number of likely N-dealkylation sites (N-methyl/N-ethyl adjacent to an activating group) is 1. The van der Waals surface area contributed by atoms with Crippen LogP contribution in [0.2, 0.25) is 0 Å². The summed E-state index contributed by atoms with van der Waals surface area (Å²) in [6.07, 6.45) is 0.849. The molecule has 0 aliphatic heterocycles. The summed E-state index contributed by atoms with van der Waals surface area (Å²) in [7, 11) is 3.90. The quantitative estimate of drug-likeness (QED) is 0.812. The molecule has 0 fully saturated rings. The van der Waals surface area contributed by atoms with Gasteiger partial charge in [-0.2, -0.15) is 0 Å². The van der Waals surface area contributed by atoms with Crippen molar-refractivity contribution in [3.8, 4) is 0 Å². The first-order chi connectivity index (χ1) is 8.95. The van der Waals surface area contributed by atoms with Gasteiger partial charge in [0, 0.05) is 24.5 Å². The monoisotopic (exact) mass is 284 g/mol. The predicted molar refractivity (Wildman–Crippen MR) is 78.4 cm³/mol. The Morgan fingerprint density at radius 2 is 1.95 bits per heavy atom. The van der Waals surface area contributed by atoms with Gasteiger partial charge in [0.2, 0.25) is 0 Å². The molecule has 5 heteroatoms. The lowest BCUT2D eigenvalue weighted by Gasteiger charge is -2.24. The Labute approximate surface area is 119 Å². The van der Waals surface area contributed by atoms with E-state index in [-0.39, 0.29) is 11.5 Å². The van der Waals surface area contributed by atoms with Crippen LogP contribution >= 0.6 is 12.6 Å². The summed E-state index contributed by atoms with van der Waals surface area (Å²) in [5.41, 5.74) is 0.0970. The van der Waals surface area contributed by atoms with Gasteiger partial charge in [0.25, 0.3) is 5.91 Å². The molecule has 0 aliphatic rings. The summed E-state index contributed by atoms with van der Waals surface area (Å²) < 4.78 is 13.7. The number of hydrogen-bond acceptors (Lipinski definition) is 3. The van der Waals surface area contributed by atoms with Gasteiger partial charge in [-0.1, -0.05) is 6.92 Å². The van der Waals surface area contributed by atoms with E-state index >= 15 is 0 Å². The lowest BCUT2D eigenvalue weighted by Crippen LogP contribution is -2.37. The number of carbonyl (C=O) groups is 1. The zero-order valence-corrected chi connectivity index (χ0v) is 12.6. The molecule has 3 nitrogen and oxygen atoms in total. The second kappa shape index (κ2) is 7.50. The minimum absolute atomic E-state index is 0.0970. The normalized spacial score (nSPS) is 10.8. The highest BCUT2D eigenvalue weighted by molar-refractivity contribution is 7.80. The van der Waals surface area contributed by atoms with Crippen molar-refractivity contribution in [2.24, 2.45) is 0 Å². The average molecular weight is 284 g/mol. The Hall–Kier alpha value is -1.07. The average Bonchev–Trinajstić information content (AvgIpc) is 2.36. The minimum Gasteiger partial charge on any atom is -0.337 e. The van der Waals surface area contributed by atoms with Crippen LogP contribution in [0.4, 0.5) is 4.39 Å². The van der Waals surface area contributed by atoms with Crippen LogP contribution in [0.15, 0.2) is 23.1 Å². The molecule has 1 rings (SSSR count). The number of nitrogens with zero attached hydrogens (tertiary/aromatic N) is 2. The van der Waals surface area contributed by atoms with E-state index in [2.05, 4.69) is 12.6 Å². The van der Waals surface area contributed by atoms with E-state index in [1.165, 1.54) is 12.1 Å².